The highest BCUT2D eigenvalue weighted by Gasteiger charge is 2.23. The largest absolute Gasteiger partial charge is 0.384 e. The molecule has 0 aliphatic carbocycles. The van der Waals surface area contributed by atoms with Gasteiger partial charge in [-0.1, -0.05) is 42.5 Å². The van der Waals surface area contributed by atoms with Crippen molar-refractivity contribution in [3.8, 4) is 0 Å². The highest BCUT2D eigenvalue weighted by Crippen LogP contribution is 2.18. The number of aliphatic hydroxyl groups is 1. The van der Waals surface area contributed by atoms with E-state index < -0.39 is 5.60 Å². The van der Waals surface area contributed by atoms with Crippen molar-refractivity contribution >= 4 is 17.8 Å². The molecule has 4 N–H and O–H groups in total. The molecule has 1 fully saturated rings. The van der Waals surface area contributed by atoms with E-state index in [1.165, 1.54) is 0 Å². The molecule has 8 nitrogen and oxygen atoms in total. The van der Waals surface area contributed by atoms with Crippen LogP contribution in [0.3, 0.4) is 0 Å². The van der Waals surface area contributed by atoms with E-state index in [1.807, 2.05) is 49.4 Å². The lowest BCUT2D eigenvalue weighted by Crippen LogP contribution is -2.49. The van der Waals surface area contributed by atoms with E-state index in [0.29, 0.717) is 44.2 Å². The smallest absolute Gasteiger partial charge is 0.254 e. The van der Waals surface area contributed by atoms with Crippen molar-refractivity contribution in [2.24, 2.45) is 4.99 Å². The molecule has 0 spiro atoms. The predicted molar refractivity (Wildman–Crippen MR) is 124 cm³/mol. The number of rotatable bonds is 7. The molecule has 0 bridgehead atoms. The van der Waals surface area contributed by atoms with Crippen molar-refractivity contribution in [3.63, 3.8) is 0 Å². The average Bonchev–Trinajstić information content (AvgIpc) is 2.81. The lowest BCUT2D eigenvalue weighted by molar-refractivity contribution is -0.123. The van der Waals surface area contributed by atoms with Crippen molar-refractivity contribution in [2.75, 3.05) is 32.7 Å². The van der Waals surface area contributed by atoms with Crippen molar-refractivity contribution in [3.05, 3.63) is 71.3 Å². The normalized spacial score (nSPS) is 16.2. The summed E-state index contributed by atoms with van der Waals surface area (Å²) in [4.78, 5) is 30.2. The molecule has 8 heteroatoms. The Labute approximate surface area is 188 Å². The molecule has 32 heavy (non-hydrogen) atoms. The SMILES string of the molecule is CCNC(=NCc1ccc(C(=O)N2CCNC(=O)C2)cc1)NCC(C)(O)c1ccccc1. The molecule has 2 amide bonds. The van der Waals surface area contributed by atoms with Crippen LogP contribution in [-0.4, -0.2) is 60.5 Å². The molecule has 0 saturated carbocycles. The number of nitrogens with one attached hydrogen (secondary N) is 3. The van der Waals surface area contributed by atoms with Crippen LogP contribution in [0.1, 0.15) is 35.3 Å². The summed E-state index contributed by atoms with van der Waals surface area (Å²) in [5.74, 6) is 0.321. The van der Waals surface area contributed by atoms with Crippen molar-refractivity contribution < 1.29 is 14.7 Å². The van der Waals surface area contributed by atoms with Gasteiger partial charge in [0, 0.05) is 25.2 Å². The van der Waals surface area contributed by atoms with E-state index >= 15 is 0 Å². The third-order valence-corrected chi connectivity index (χ3v) is 5.29. The molecule has 2 aromatic rings. The van der Waals surface area contributed by atoms with Gasteiger partial charge in [-0.15, -0.1) is 0 Å². The minimum absolute atomic E-state index is 0.0926. The summed E-state index contributed by atoms with van der Waals surface area (Å²) in [7, 11) is 0. The number of hydrogen-bond donors (Lipinski definition) is 4. The third-order valence-electron chi connectivity index (χ3n) is 5.29. The monoisotopic (exact) mass is 437 g/mol. The average molecular weight is 438 g/mol. The maximum Gasteiger partial charge on any atom is 0.254 e. The summed E-state index contributed by atoms with van der Waals surface area (Å²) in [5, 5.41) is 19.9. The topological polar surface area (TPSA) is 106 Å². The van der Waals surface area contributed by atoms with Gasteiger partial charge in [0.1, 0.15) is 5.60 Å². The van der Waals surface area contributed by atoms with Gasteiger partial charge in [-0.3, -0.25) is 9.59 Å². The van der Waals surface area contributed by atoms with E-state index in [4.69, 9.17) is 0 Å². The molecule has 0 radical (unpaired) electrons. The van der Waals surface area contributed by atoms with Crippen LogP contribution >= 0.6 is 0 Å². The van der Waals surface area contributed by atoms with Crippen LogP contribution in [-0.2, 0) is 16.9 Å². The Morgan fingerprint density at radius 2 is 1.88 bits per heavy atom. The second-order valence-corrected chi connectivity index (χ2v) is 7.96. The van der Waals surface area contributed by atoms with Crippen LogP contribution in [0, 0.1) is 0 Å². The summed E-state index contributed by atoms with van der Waals surface area (Å²) >= 11 is 0. The number of carbonyl (C=O) groups is 2. The van der Waals surface area contributed by atoms with Crippen LogP contribution in [0.25, 0.3) is 0 Å². The standard InChI is InChI=1S/C24H31N5O3/c1-3-25-23(28-17-24(2,32)20-7-5-4-6-8-20)27-15-18-9-11-19(12-10-18)22(31)29-14-13-26-21(30)16-29/h4-12,32H,3,13-17H2,1-2H3,(H,26,30)(H2,25,27,28). The van der Waals surface area contributed by atoms with Crippen molar-refractivity contribution in [2.45, 2.75) is 26.0 Å². The van der Waals surface area contributed by atoms with Gasteiger partial charge in [0.15, 0.2) is 5.96 Å². The minimum Gasteiger partial charge on any atom is -0.384 e. The van der Waals surface area contributed by atoms with Gasteiger partial charge in [-0.25, -0.2) is 4.99 Å². The third kappa shape index (κ3) is 6.31. The van der Waals surface area contributed by atoms with Crippen molar-refractivity contribution in [1.29, 1.82) is 0 Å². The van der Waals surface area contributed by atoms with Crippen LogP contribution < -0.4 is 16.0 Å². The van der Waals surface area contributed by atoms with Crippen molar-refractivity contribution in [1.82, 2.24) is 20.9 Å². The Morgan fingerprint density at radius 1 is 1.16 bits per heavy atom. The van der Waals surface area contributed by atoms with E-state index in [0.717, 1.165) is 11.1 Å². The molecule has 2 aromatic carbocycles. The number of nitrogens with zero attached hydrogens (tertiary/aromatic N) is 2. The zero-order valence-electron chi connectivity index (χ0n) is 18.6. The maximum atomic E-state index is 12.6. The highest BCUT2D eigenvalue weighted by molar-refractivity contribution is 5.97. The quantitative estimate of drug-likeness (QED) is 0.385. The molecule has 1 unspecified atom stereocenters. The zero-order chi connectivity index (χ0) is 23.0. The Balaban J connectivity index is 1.59. The first-order valence-corrected chi connectivity index (χ1v) is 10.8. The number of hydrogen-bond acceptors (Lipinski definition) is 4. The first-order chi connectivity index (χ1) is 15.4. The van der Waals surface area contributed by atoms with Crippen LogP contribution in [0.4, 0.5) is 0 Å². The molecular formula is C24H31N5O3. The minimum atomic E-state index is -1.04. The van der Waals surface area contributed by atoms with E-state index in [9.17, 15) is 14.7 Å². The predicted octanol–water partition coefficient (Wildman–Crippen LogP) is 1.22. The summed E-state index contributed by atoms with van der Waals surface area (Å²) in [6, 6.07) is 16.8. The molecule has 1 saturated heterocycles. The van der Waals surface area contributed by atoms with Gasteiger partial charge in [-0.05, 0) is 37.1 Å². The van der Waals surface area contributed by atoms with Gasteiger partial charge in [0.05, 0.1) is 19.6 Å². The van der Waals surface area contributed by atoms with E-state index in [2.05, 4.69) is 20.9 Å². The fraction of sp³-hybridized carbons (Fsp3) is 0.375. The van der Waals surface area contributed by atoms with Crippen LogP contribution in [0.5, 0.6) is 0 Å². The molecular weight excluding hydrogens is 406 g/mol. The Bertz CT molecular complexity index is 942. The lowest BCUT2D eigenvalue weighted by atomic mass is 9.96. The Kier molecular flexibility index (Phi) is 7.83. The number of aliphatic imine (C=N–C) groups is 1. The second-order valence-electron chi connectivity index (χ2n) is 7.96. The lowest BCUT2D eigenvalue weighted by Gasteiger charge is -2.26. The zero-order valence-corrected chi connectivity index (χ0v) is 18.6. The summed E-state index contributed by atoms with van der Waals surface area (Å²) in [5.41, 5.74) is 1.29. The van der Waals surface area contributed by atoms with E-state index in [-0.39, 0.29) is 18.4 Å². The van der Waals surface area contributed by atoms with Gasteiger partial charge >= 0.3 is 0 Å². The summed E-state index contributed by atoms with van der Waals surface area (Å²) < 4.78 is 0. The maximum absolute atomic E-state index is 12.6. The molecule has 1 aliphatic heterocycles. The highest BCUT2D eigenvalue weighted by atomic mass is 16.3. The number of guanidine groups is 1. The van der Waals surface area contributed by atoms with Crippen LogP contribution in [0.2, 0.25) is 0 Å². The van der Waals surface area contributed by atoms with Gasteiger partial charge in [-0.2, -0.15) is 0 Å². The Hall–Kier alpha value is -3.39. The van der Waals surface area contributed by atoms with E-state index in [1.54, 1.807) is 24.0 Å². The number of carbonyl (C=O) groups excluding carboxylic acids is 2. The first kappa shape index (κ1) is 23.3. The number of piperazine rings is 1. The molecule has 1 heterocycles. The fourth-order valence-electron chi connectivity index (χ4n) is 3.41. The van der Waals surface area contributed by atoms with Crippen LogP contribution in [0.15, 0.2) is 59.6 Å². The summed E-state index contributed by atoms with van der Waals surface area (Å²) in [6.07, 6.45) is 0. The first-order valence-electron chi connectivity index (χ1n) is 10.8. The molecule has 170 valence electrons. The second kappa shape index (κ2) is 10.8. The molecule has 3 rings (SSSR count). The fourth-order valence-corrected chi connectivity index (χ4v) is 3.41. The van der Waals surface area contributed by atoms with Gasteiger partial charge in [0.25, 0.3) is 5.91 Å². The van der Waals surface area contributed by atoms with Gasteiger partial charge < -0.3 is 26.0 Å². The molecule has 1 aliphatic rings. The summed E-state index contributed by atoms with van der Waals surface area (Å²) in [6.45, 7) is 6.25. The van der Waals surface area contributed by atoms with Gasteiger partial charge in [0.2, 0.25) is 5.91 Å². The number of amides is 2. The number of benzene rings is 2. The molecule has 1 atom stereocenters. The molecule has 0 aromatic heterocycles. The Morgan fingerprint density at radius 3 is 2.53 bits per heavy atom.